The molecule has 0 atom stereocenters. The third-order valence-electron chi connectivity index (χ3n) is 2.55. The zero-order valence-electron chi connectivity index (χ0n) is 12.6. The van der Waals surface area contributed by atoms with Gasteiger partial charge in [0.2, 0.25) is 0 Å². The van der Waals surface area contributed by atoms with Gasteiger partial charge in [-0.3, -0.25) is 5.32 Å². The fourth-order valence-electron chi connectivity index (χ4n) is 1.56. The molecule has 0 aliphatic rings. The van der Waals surface area contributed by atoms with Crippen LogP contribution < -0.4 is 11.1 Å². The van der Waals surface area contributed by atoms with Crippen LogP contribution in [0.25, 0.3) is 0 Å². The van der Waals surface area contributed by atoms with Gasteiger partial charge in [-0.1, -0.05) is 26.8 Å². The van der Waals surface area contributed by atoms with E-state index >= 15 is 0 Å². The van der Waals surface area contributed by atoms with E-state index in [-0.39, 0.29) is 5.41 Å². The second-order valence-corrected chi connectivity index (χ2v) is 6.68. The summed E-state index contributed by atoms with van der Waals surface area (Å²) in [6.07, 6.45) is -0.497. The number of hydrogen-bond donors (Lipinski definition) is 2. The van der Waals surface area contributed by atoms with Gasteiger partial charge in [-0.15, -0.1) is 0 Å². The number of ether oxygens (including phenoxy) is 1. The highest BCUT2D eigenvalue weighted by atomic mass is 16.6. The Kier molecular flexibility index (Phi) is 4.13. The van der Waals surface area contributed by atoms with Crippen molar-refractivity contribution in [3.8, 4) is 0 Å². The quantitative estimate of drug-likeness (QED) is 0.756. The van der Waals surface area contributed by atoms with E-state index in [1.807, 2.05) is 32.9 Å². The van der Waals surface area contributed by atoms with Crippen LogP contribution in [0.3, 0.4) is 0 Å². The summed E-state index contributed by atoms with van der Waals surface area (Å²) in [5.41, 5.74) is 7.70. The lowest BCUT2D eigenvalue weighted by atomic mass is 9.87. The molecule has 0 spiro atoms. The van der Waals surface area contributed by atoms with Gasteiger partial charge in [0.05, 0.1) is 11.4 Å². The Morgan fingerprint density at radius 1 is 1.16 bits per heavy atom. The number of hydrogen-bond acceptors (Lipinski definition) is 3. The molecule has 1 rings (SSSR count). The number of nitrogen functional groups attached to an aromatic ring is 1. The molecule has 4 nitrogen and oxygen atoms in total. The van der Waals surface area contributed by atoms with Crippen molar-refractivity contribution in [1.29, 1.82) is 0 Å². The van der Waals surface area contributed by atoms with Gasteiger partial charge in [0, 0.05) is 0 Å². The third kappa shape index (κ3) is 4.81. The minimum Gasteiger partial charge on any atom is -0.444 e. The van der Waals surface area contributed by atoms with E-state index < -0.39 is 11.7 Å². The molecule has 19 heavy (non-hydrogen) atoms. The molecule has 4 heteroatoms. The molecule has 0 aliphatic carbocycles. The van der Waals surface area contributed by atoms with Gasteiger partial charge in [0.25, 0.3) is 0 Å². The van der Waals surface area contributed by atoms with Crippen molar-refractivity contribution < 1.29 is 9.53 Å². The van der Waals surface area contributed by atoms with Crippen LogP contribution in [-0.4, -0.2) is 11.7 Å². The normalized spacial score (nSPS) is 12.1. The van der Waals surface area contributed by atoms with Gasteiger partial charge in [-0.2, -0.15) is 0 Å². The van der Waals surface area contributed by atoms with Crippen LogP contribution in [0.2, 0.25) is 0 Å². The van der Waals surface area contributed by atoms with Crippen LogP contribution in [-0.2, 0) is 10.2 Å². The van der Waals surface area contributed by atoms with Crippen molar-refractivity contribution in [2.24, 2.45) is 0 Å². The maximum Gasteiger partial charge on any atom is 0.412 e. The third-order valence-corrected chi connectivity index (χ3v) is 2.55. The average molecular weight is 264 g/mol. The highest BCUT2D eigenvalue weighted by Crippen LogP contribution is 2.28. The molecule has 0 fully saturated rings. The van der Waals surface area contributed by atoms with Crippen molar-refractivity contribution in [2.75, 3.05) is 11.1 Å². The van der Waals surface area contributed by atoms with Gasteiger partial charge in [-0.05, 0) is 43.9 Å². The molecule has 1 aromatic carbocycles. The second-order valence-electron chi connectivity index (χ2n) is 6.68. The standard InChI is InChI=1S/C15H24N2O2/c1-14(2,3)10-7-8-12(11(16)9-10)17-13(18)19-15(4,5)6/h7-9H,16H2,1-6H3,(H,17,18). The first-order valence-electron chi connectivity index (χ1n) is 6.39. The Morgan fingerprint density at radius 3 is 2.16 bits per heavy atom. The summed E-state index contributed by atoms with van der Waals surface area (Å²) in [6.45, 7) is 11.8. The molecular weight excluding hydrogens is 240 g/mol. The molecule has 0 heterocycles. The van der Waals surface area contributed by atoms with Crippen molar-refractivity contribution in [1.82, 2.24) is 0 Å². The van der Waals surface area contributed by atoms with E-state index in [2.05, 4.69) is 26.1 Å². The summed E-state index contributed by atoms with van der Waals surface area (Å²) in [6, 6.07) is 5.65. The molecule has 1 aromatic rings. The first-order chi connectivity index (χ1) is 8.49. The molecule has 3 N–H and O–H groups in total. The number of carbonyl (C=O) groups is 1. The molecule has 0 radical (unpaired) electrons. The van der Waals surface area contributed by atoms with Gasteiger partial charge < -0.3 is 10.5 Å². The van der Waals surface area contributed by atoms with E-state index in [0.717, 1.165) is 5.56 Å². The largest absolute Gasteiger partial charge is 0.444 e. The fraction of sp³-hybridized carbons (Fsp3) is 0.533. The Labute approximate surface area is 115 Å². The number of anilines is 2. The van der Waals surface area contributed by atoms with E-state index in [0.29, 0.717) is 11.4 Å². The van der Waals surface area contributed by atoms with Crippen molar-refractivity contribution in [3.05, 3.63) is 23.8 Å². The Morgan fingerprint density at radius 2 is 1.74 bits per heavy atom. The number of carbonyl (C=O) groups excluding carboxylic acids is 1. The molecule has 106 valence electrons. The molecule has 1 amide bonds. The molecular formula is C15H24N2O2. The summed E-state index contributed by atoms with van der Waals surface area (Å²) < 4.78 is 5.19. The Hall–Kier alpha value is -1.71. The minimum atomic E-state index is -0.524. The van der Waals surface area contributed by atoms with Crippen LogP contribution in [0.1, 0.15) is 47.1 Å². The summed E-state index contributed by atoms with van der Waals surface area (Å²) in [4.78, 5) is 11.7. The number of benzene rings is 1. The Bertz CT molecular complexity index is 468. The highest BCUT2D eigenvalue weighted by Gasteiger charge is 2.18. The molecule has 0 bridgehead atoms. The zero-order valence-corrected chi connectivity index (χ0v) is 12.6. The average Bonchev–Trinajstić information content (AvgIpc) is 2.16. The summed E-state index contributed by atoms with van der Waals surface area (Å²) >= 11 is 0. The van der Waals surface area contributed by atoms with E-state index in [1.165, 1.54) is 0 Å². The predicted octanol–water partition coefficient (Wildman–Crippen LogP) is 3.91. The maximum absolute atomic E-state index is 11.7. The molecule has 0 unspecified atom stereocenters. The van der Waals surface area contributed by atoms with Crippen LogP contribution in [0.5, 0.6) is 0 Å². The van der Waals surface area contributed by atoms with E-state index in [4.69, 9.17) is 10.5 Å². The van der Waals surface area contributed by atoms with Gasteiger partial charge >= 0.3 is 6.09 Å². The molecule has 0 aromatic heterocycles. The van der Waals surface area contributed by atoms with Gasteiger partial charge in [-0.25, -0.2) is 4.79 Å². The molecule has 0 saturated heterocycles. The fourth-order valence-corrected chi connectivity index (χ4v) is 1.56. The van der Waals surface area contributed by atoms with E-state index in [1.54, 1.807) is 6.07 Å². The lowest BCUT2D eigenvalue weighted by Crippen LogP contribution is -2.27. The molecule has 0 aliphatic heterocycles. The lowest BCUT2D eigenvalue weighted by molar-refractivity contribution is 0.0636. The number of nitrogens with two attached hydrogens (primary N) is 1. The van der Waals surface area contributed by atoms with Crippen molar-refractivity contribution in [2.45, 2.75) is 52.6 Å². The number of nitrogens with one attached hydrogen (secondary N) is 1. The van der Waals surface area contributed by atoms with Crippen molar-refractivity contribution >= 4 is 17.5 Å². The monoisotopic (exact) mass is 264 g/mol. The highest BCUT2D eigenvalue weighted by molar-refractivity contribution is 5.89. The predicted molar refractivity (Wildman–Crippen MR) is 79.4 cm³/mol. The number of amides is 1. The van der Waals surface area contributed by atoms with Gasteiger partial charge in [0.15, 0.2) is 0 Å². The first kappa shape index (κ1) is 15.3. The second kappa shape index (κ2) is 5.11. The summed E-state index contributed by atoms with van der Waals surface area (Å²) in [5.74, 6) is 0. The smallest absolute Gasteiger partial charge is 0.412 e. The van der Waals surface area contributed by atoms with Gasteiger partial charge in [0.1, 0.15) is 5.60 Å². The molecule has 0 saturated carbocycles. The Balaban J connectivity index is 2.84. The first-order valence-corrected chi connectivity index (χ1v) is 6.39. The maximum atomic E-state index is 11.7. The van der Waals surface area contributed by atoms with Crippen LogP contribution >= 0.6 is 0 Å². The minimum absolute atomic E-state index is 0.0264. The summed E-state index contributed by atoms with van der Waals surface area (Å²) in [7, 11) is 0. The topological polar surface area (TPSA) is 64.3 Å². The zero-order chi connectivity index (χ0) is 14.8. The summed E-state index contributed by atoms with van der Waals surface area (Å²) in [5, 5.41) is 2.66. The van der Waals surface area contributed by atoms with Crippen molar-refractivity contribution in [3.63, 3.8) is 0 Å². The van der Waals surface area contributed by atoms with E-state index in [9.17, 15) is 4.79 Å². The van der Waals surface area contributed by atoms with Crippen LogP contribution in [0.4, 0.5) is 16.2 Å². The SMILES string of the molecule is CC(C)(C)OC(=O)Nc1ccc(C(C)(C)C)cc1N. The number of rotatable bonds is 1. The van der Waals surface area contributed by atoms with Crippen LogP contribution in [0, 0.1) is 0 Å². The van der Waals surface area contributed by atoms with Crippen LogP contribution in [0.15, 0.2) is 18.2 Å². The lowest BCUT2D eigenvalue weighted by Gasteiger charge is -2.22.